The summed E-state index contributed by atoms with van der Waals surface area (Å²) in [5.74, 6) is -2.01. The lowest BCUT2D eigenvalue weighted by atomic mass is 9.96. The van der Waals surface area contributed by atoms with Gasteiger partial charge in [0.25, 0.3) is 5.91 Å². The lowest BCUT2D eigenvalue weighted by Crippen LogP contribution is -2.59. The van der Waals surface area contributed by atoms with E-state index in [9.17, 15) is 27.6 Å². The normalized spacial score (nSPS) is 29.8. The predicted molar refractivity (Wildman–Crippen MR) is 156 cm³/mol. The Morgan fingerprint density at radius 3 is 2.40 bits per heavy atom. The van der Waals surface area contributed by atoms with Gasteiger partial charge in [-0.2, -0.15) is 13.1 Å². The summed E-state index contributed by atoms with van der Waals surface area (Å²) in [6.07, 6.45) is 12.3. The number of allylic oxidation sites excluding steroid dienone is 1. The average Bonchev–Trinajstić information content (AvgIpc) is 3.35. The Balaban J connectivity index is 1.51. The third kappa shape index (κ3) is 8.46. The SMILES string of the molecule is CC(C)(C)OC(=O)N[C@H]1CCCCCC=C[C@@H]2C[C@@]2(C(=O)NS(=O)(=O)NC2CCCCC2)NC(=O)[C@@H]2CCCN2C1=O. The van der Waals surface area contributed by atoms with Crippen molar-refractivity contribution in [2.24, 2.45) is 5.92 Å². The number of fused-ring (bicyclic) bond motifs is 2. The first-order valence-corrected chi connectivity index (χ1v) is 16.9. The zero-order valence-electron chi connectivity index (χ0n) is 25.1. The molecule has 1 saturated heterocycles. The van der Waals surface area contributed by atoms with Crippen molar-refractivity contribution in [2.75, 3.05) is 6.54 Å². The van der Waals surface area contributed by atoms with Crippen LogP contribution in [0.25, 0.3) is 0 Å². The first kappa shape index (κ1) is 32.2. The molecule has 2 heterocycles. The minimum absolute atomic E-state index is 0.223. The van der Waals surface area contributed by atoms with E-state index in [4.69, 9.17) is 4.74 Å². The van der Waals surface area contributed by atoms with Gasteiger partial charge in [-0.15, -0.1) is 0 Å². The molecule has 2 aliphatic heterocycles. The van der Waals surface area contributed by atoms with Crippen LogP contribution in [0.2, 0.25) is 0 Å². The third-order valence-corrected chi connectivity index (χ3v) is 9.58. The Morgan fingerprint density at radius 1 is 1.00 bits per heavy atom. The van der Waals surface area contributed by atoms with Crippen LogP contribution in [0.15, 0.2) is 12.2 Å². The van der Waals surface area contributed by atoms with Crippen LogP contribution in [0.4, 0.5) is 4.79 Å². The van der Waals surface area contributed by atoms with Crippen LogP contribution in [0.5, 0.6) is 0 Å². The third-order valence-electron chi connectivity index (χ3n) is 8.48. The number of rotatable bonds is 5. The van der Waals surface area contributed by atoms with Crippen molar-refractivity contribution in [2.45, 2.75) is 134 Å². The predicted octanol–water partition coefficient (Wildman–Crippen LogP) is 2.55. The van der Waals surface area contributed by atoms with Crippen molar-refractivity contribution in [1.82, 2.24) is 25.0 Å². The fourth-order valence-electron chi connectivity index (χ4n) is 6.23. The van der Waals surface area contributed by atoms with E-state index >= 15 is 0 Å². The lowest BCUT2D eigenvalue weighted by molar-refractivity contribution is -0.141. The Morgan fingerprint density at radius 2 is 1.69 bits per heavy atom. The van der Waals surface area contributed by atoms with Gasteiger partial charge >= 0.3 is 16.3 Å². The summed E-state index contributed by atoms with van der Waals surface area (Å²) in [4.78, 5) is 54.8. The molecule has 13 heteroatoms. The molecule has 4 amide bonds. The monoisotopic (exact) mass is 609 g/mol. The molecule has 42 heavy (non-hydrogen) atoms. The van der Waals surface area contributed by atoms with Gasteiger partial charge < -0.3 is 20.3 Å². The quantitative estimate of drug-likeness (QED) is 0.348. The van der Waals surface area contributed by atoms with Crippen molar-refractivity contribution in [3.8, 4) is 0 Å². The standard InChI is InChI=1S/C29H47N5O7S/c1-28(2,3)41-27(38)30-22-16-11-6-4-5-8-13-20-19-29(20,31-24(35)23-17-12-18-34(23)25(22)36)26(37)33-42(39,40)32-21-14-9-7-10-15-21/h8,13,20-23,32H,4-7,9-12,14-19H2,1-3H3,(H,30,38)(H,31,35)(H,33,37)/t20-,22+,23+,29-/m1/s1. The van der Waals surface area contributed by atoms with Gasteiger partial charge in [-0.25, -0.2) is 9.52 Å². The molecule has 2 aliphatic carbocycles. The van der Waals surface area contributed by atoms with E-state index in [1.54, 1.807) is 20.8 Å². The first-order chi connectivity index (χ1) is 19.8. The molecule has 4 aliphatic rings. The maximum absolute atomic E-state index is 13.7. The second-order valence-corrected chi connectivity index (χ2v) is 14.6. The Hall–Kier alpha value is -2.67. The highest BCUT2D eigenvalue weighted by molar-refractivity contribution is 7.88. The summed E-state index contributed by atoms with van der Waals surface area (Å²) in [7, 11) is -4.12. The van der Waals surface area contributed by atoms with Gasteiger partial charge in [0.2, 0.25) is 11.8 Å². The second kappa shape index (κ2) is 13.3. The highest BCUT2D eigenvalue weighted by Gasteiger charge is 2.61. The minimum atomic E-state index is -4.12. The number of alkyl carbamates (subject to hydrolysis) is 1. The van der Waals surface area contributed by atoms with Gasteiger partial charge in [-0.1, -0.05) is 44.3 Å². The molecule has 12 nitrogen and oxygen atoms in total. The molecule has 0 aromatic carbocycles. The Bertz CT molecular complexity index is 1160. The van der Waals surface area contributed by atoms with E-state index in [0.29, 0.717) is 32.2 Å². The van der Waals surface area contributed by atoms with Crippen molar-refractivity contribution < 1.29 is 32.3 Å². The number of nitrogens with zero attached hydrogens (tertiary/aromatic N) is 1. The molecule has 0 spiro atoms. The molecule has 2 saturated carbocycles. The van der Waals surface area contributed by atoms with Crippen LogP contribution < -0.4 is 20.1 Å². The summed E-state index contributed by atoms with van der Waals surface area (Å²) in [6.45, 7) is 5.57. The van der Waals surface area contributed by atoms with Crippen LogP contribution in [0, 0.1) is 5.92 Å². The summed E-state index contributed by atoms with van der Waals surface area (Å²) < 4.78 is 35.9. The Labute approximate surface area is 249 Å². The highest BCUT2D eigenvalue weighted by Crippen LogP contribution is 2.45. The van der Waals surface area contributed by atoms with Crippen molar-refractivity contribution in [3.05, 3.63) is 12.2 Å². The van der Waals surface area contributed by atoms with Crippen molar-refractivity contribution in [3.63, 3.8) is 0 Å². The maximum atomic E-state index is 13.7. The fourth-order valence-corrected chi connectivity index (χ4v) is 7.39. The lowest BCUT2D eigenvalue weighted by Gasteiger charge is -2.30. The van der Waals surface area contributed by atoms with Gasteiger partial charge in [0, 0.05) is 18.5 Å². The topological polar surface area (TPSA) is 163 Å². The van der Waals surface area contributed by atoms with Crippen molar-refractivity contribution in [1.29, 1.82) is 0 Å². The van der Waals surface area contributed by atoms with Crippen LogP contribution in [-0.2, 0) is 29.3 Å². The molecule has 236 valence electrons. The summed E-state index contributed by atoms with van der Waals surface area (Å²) in [6, 6.07) is -1.91. The summed E-state index contributed by atoms with van der Waals surface area (Å²) >= 11 is 0. The Kier molecular flexibility index (Phi) is 10.2. The van der Waals surface area contributed by atoms with Crippen molar-refractivity contribution >= 4 is 34.0 Å². The molecule has 3 fully saturated rings. The molecule has 4 atom stereocenters. The number of amides is 4. The zero-order valence-corrected chi connectivity index (χ0v) is 25.9. The largest absolute Gasteiger partial charge is 0.444 e. The molecule has 0 radical (unpaired) electrons. The van der Waals surface area contributed by atoms with Crippen LogP contribution in [0.1, 0.15) is 104 Å². The van der Waals surface area contributed by atoms with Gasteiger partial charge in [0.15, 0.2) is 0 Å². The minimum Gasteiger partial charge on any atom is -0.444 e. The molecule has 0 aromatic heterocycles. The second-order valence-electron chi connectivity index (χ2n) is 13.1. The molecule has 0 bridgehead atoms. The number of hydrogen-bond acceptors (Lipinski definition) is 7. The molecular formula is C29H47N5O7S. The molecular weight excluding hydrogens is 562 g/mol. The zero-order chi connectivity index (χ0) is 30.5. The van der Waals surface area contributed by atoms with Gasteiger partial charge in [-0.05, 0) is 72.1 Å². The number of carbonyl (C=O) groups is 4. The maximum Gasteiger partial charge on any atom is 0.408 e. The van der Waals surface area contributed by atoms with E-state index < -0.39 is 51.3 Å². The van der Waals surface area contributed by atoms with E-state index in [2.05, 4.69) is 20.1 Å². The first-order valence-electron chi connectivity index (χ1n) is 15.4. The molecule has 4 N–H and O–H groups in total. The van der Waals surface area contributed by atoms with Gasteiger partial charge in [-0.3, -0.25) is 14.4 Å². The number of nitrogens with one attached hydrogen (secondary N) is 4. The van der Waals surface area contributed by atoms with Gasteiger partial charge in [0.05, 0.1) is 0 Å². The number of carbonyl (C=O) groups excluding carboxylic acids is 4. The summed E-state index contributed by atoms with van der Waals surface area (Å²) in [5.41, 5.74) is -2.15. The number of ether oxygens (including phenoxy) is 1. The molecule has 0 aromatic rings. The fraction of sp³-hybridized carbons (Fsp3) is 0.793. The van der Waals surface area contributed by atoms with E-state index in [1.165, 1.54) is 4.90 Å². The molecule has 0 unspecified atom stereocenters. The number of hydrogen-bond donors (Lipinski definition) is 4. The highest BCUT2D eigenvalue weighted by atomic mass is 32.2. The van der Waals surface area contributed by atoms with E-state index in [1.807, 2.05) is 12.2 Å². The van der Waals surface area contributed by atoms with E-state index in [0.717, 1.165) is 51.4 Å². The van der Waals surface area contributed by atoms with Crippen LogP contribution in [-0.4, -0.2) is 72.9 Å². The van der Waals surface area contributed by atoms with Crippen LogP contribution in [0.3, 0.4) is 0 Å². The molecule has 4 rings (SSSR count). The summed E-state index contributed by atoms with van der Waals surface area (Å²) in [5, 5.41) is 5.55. The van der Waals surface area contributed by atoms with E-state index in [-0.39, 0.29) is 24.3 Å². The average molecular weight is 610 g/mol. The smallest absolute Gasteiger partial charge is 0.408 e. The van der Waals surface area contributed by atoms with Crippen LogP contribution >= 0.6 is 0 Å². The van der Waals surface area contributed by atoms with Gasteiger partial charge in [0.1, 0.15) is 23.2 Å².